The fraction of sp³-hybridized carbons (Fsp3) is 0.500. The molecule has 3 rings (SSSR count). The Labute approximate surface area is 178 Å². The van der Waals surface area contributed by atoms with Gasteiger partial charge in [0.2, 0.25) is 0 Å². The van der Waals surface area contributed by atoms with Gasteiger partial charge in [0.15, 0.2) is 0 Å². The summed E-state index contributed by atoms with van der Waals surface area (Å²) >= 11 is 0. The Bertz CT molecular complexity index is 772. The number of hydrogen-bond acceptors (Lipinski definition) is 1. The Morgan fingerprint density at radius 2 is 1.48 bits per heavy atom. The van der Waals surface area contributed by atoms with Crippen molar-refractivity contribution >= 4 is 5.76 Å². The lowest BCUT2D eigenvalue weighted by Crippen LogP contribution is -2.09. The third-order valence-corrected chi connectivity index (χ3v) is 6.05. The molecule has 0 N–H and O–H groups in total. The zero-order chi connectivity index (χ0) is 20.3. The van der Waals surface area contributed by atoms with Gasteiger partial charge in [-0.1, -0.05) is 101 Å². The van der Waals surface area contributed by atoms with Crippen molar-refractivity contribution < 1.29 is 4.74 Å². The average Bonchev–Trinajstić information content (AvgIpc) is 2.77. The van der Waals surface area contributed by atoms with Gasteiger partial charge >= 0.3 is 0 Å². The summed E-state index contributed by atoms with van der Waals surface area (Å²) in [6, 6.07) is 17.7. The topological polar surface area (TPSA) is 9.23 Å². The number of unbranched alkanes of at least 4 members (excludes halogenated alkanes) is 6. The Morgan fingerprint density at radius 3 is 2.24 bits per heavy atom. The average molecular weight is 391 g/mol. The van der Waals surface area contributed by atoms with E-state index in [0.29, 0.717) is 0 Å². The predicted octanol–water partition coefficient (Wildman–Crippen LogP) is 8.58. The van der Waals surface area contributed by atoms with Crippen LogP contribution in [0, 0.1) is 0 Å². The maximum Gasteiger partial charge on any atom is 0.125 e. The number of rotatable bonds is 12. The van der Waals surface area contributed by atoms with Crippen molar-refractivity contribution in [2.24, 2.45) is 0 Å². The maximum atomic E-state index is 6.45. The van der Waals surface area contributed by atoms with Gasteiger partial charge in [0, 0.05) is 5.56 Å². The molecule has 0 bridgehead atoms. The first-order valence-electron chi connectivity index (χ1n) is 11.9. The summed E-state index contributed by atoms with van der Waals surface area (Å²) in [5, 5.41) is 0. The number of fused-ring (bicyclic) bond motifs is 1. The molecule has 0 atom stereocenters. The van der Waals surface area contributed by atoms with Gasteiger partial charge in [0.1, 0.15) is 5.76 Å². The maximum absolute atomic E-state index is 6.45. The molecule has 0 aliphatic heterocycles. The minimum atomic E-state index is 0.855. The second kappa shape index (κ2) is 11.9. The van der Waals surface area contributed by atoms with Gasteiger partial charge < -0.3 is 4.74 Å². The van der Waals surface area contributed by atoms with E-state index in [0.717, 1.165) is 25.9 Å². The van der Waals surface area contributed by atoms with Gasteiger partial charge in [-0.3, -0.25) is 0 Å². The molecular weight excluding hydrogens is 352 g/mol. The predicted molar refractivity (Wildman–Crippen MR) is 126 cm³/mol. The fourth-order valence-electron chi connectivity index (χ4n) is 4.31. The van der Waals surface area contributed by atoms with Crippen molar-refractivity contribution in [2.45, 2.75) is 84.5 Å². The van der Waals surface area contributed by atoms with Crippen molar-refractivity contribution in [3.05, 3.63) is 65.2 Å². The normalized spacial score (nSPS) is 13.4. The van der Waals surface area contributed by atoms with Crippen LogP contribution in [-0.4, -0.2) is 6.61 Å². The van der Waals surface area contributed by atoms with Crippen LogP contribution < -0.4 is 0 Å². The summed E-state index contributed by atoms with van der Waals surface area (Å²) in [6.45, 7) is 5.40. The molecule has 0 spiro atoms. The first kappa shape index (κ1) is 21.7. The number of aryl methyl sites for hydroxylation is 1. The Morgan fingerprint density at radius 1 is 0.724 bits per heavy atom. The fourth-order valence-corrected chi connectivity index (χ4v) is 4.31. The van der Waals surface area contributed by atoms with Gasteiger partial charge in [0.25, 0.3) is 0 Å². The van der Waals surface area contributed by atoms with E-state index in [1.165, 1.54) is 79.4 Å². The van der Waals surface area contributed by atoms with Crippen LogP contribution in [0.2, 0.25) is 0 Å². The van der Waals surface area contributed by atoms with E-state index in [4.69, 9.17) is 4.74 Å². The van der Waals surface area contributed by atoms with Crippen LogP contribution in [0.5, 0.6) is 0 Å². The van der Waals surface area contributed by atoms with Crippen molar-refractivity contribution in [1.82, 2.24) is 0 Å². The highest BCUT2D eigenvalue weighted by molar-refractivity contribution is 5.73. The molecule has 1 nitrogen and oxygen atoms in total. The molecule has 2 aromatic carbocycles. The smallest absolute Gasteiger partial charge is 0.125 e. The lowest BCUT2D eigenvalue weighted by Gasteiger charge is -2.25. The van der Waals surface area contributed by atoms with Crippen molar-refractivity contribution in [1.29, 1.82) is 0 Å². The summed E-state index contributed by atoms with van der Waals surface area (Å²) in [4.78, 5) is 0. The Hall–Kier alpha value is -2.02. The van der Waals surface area contributed by atoms with E-state index in [1.807, 2.05) is 0 Å². The lowest BCUT2D eigenvalue weighted by molar-refractivity contribution is 0.261. The second-order valence-corrected chi connectivity index (χ2v) is 8.39. The third kappa shape index (κ3) is 6.23. The van der Waals surface area contributed by atoms with Gasteiger partial charge in [-0.05, 0) is 54.4 Å². The van der Waals surface area contributed by atoms with Crippen LogP contribution in [0.25, 0.3) is 16.9 Å². The van der Waals surface area contributed by atoms with Crippen LogP contribution in [0.3, 0.4) is 0 Å². The standard InChI is InChI=1S/C28H38O/c1-3-5-7-10-16-24-17-18-26-22-25(23-14-11-9-12-15-23)19-20-27(26)28(24)29-21-13-8-6-4-2/h9,11-12,14-15,19-20,22H,3-8,10,13,16-18,21H2,1-2H3. The molecular formula is C28H38O. The summed E-state index contributed by atoms with van der Waals surface area (Å²) < 4.78 is 6.45. The monoisotopic (exact) mass is 390 g/mol. The Kier molecular flexibility index (Phi) is 8.86. The van der Waals surface area contributed by atoms with Gasteiger partial charge in [-0.25, -0.2) is 0 Å². The molecule has 1 heteroatoms. The van der Waals surface area contributed by atoms with E-state index in [1.54, 1.807) is 5.57 Å². The molecule has 0 radical (unpaired) electrons. The molecule has 0 amide bonds. The van der Waals surface area contributed by atoms with Crippen molar-refractivity contribution in [3.63, 3.8) is 0 Å². The highest BCUT2D eigenvalue weighted by atomic mass is 16.5. The van der Waals surface area contributed by atoms with Gasteiger partial charge in [0.05, 0.1) is 6.61 Å². The molecule has 156 valence electrons. The minimum absolute atomic E-state index is 0.855. The molecule has 0 saturated heterocycles. The van der Waals surface area contributed by atoms with E-state index >= 15 is 0 Å². The number of hydrogen-bond donors (Lipinski definition) is 0. The first-order chi connectivity index (χ1) is 14.3. The van der Waals surface area contributed by atoms with Gasteiger partial charge in [-0.15, -0.1) is 0 Å². The molecule has 0 heterocycles. The molecule has 0 aromatic heterocycles. The van der Waals surface area contributed by atoms with E-state index < -0.39 is 0 Å². The minimum Gasteiger partial charge on any atom is -0.493 e. The van der Waals surface area contributed by atoms with E-state index in [9.17, 15) is 0 Å². The van der Waals surface area contributed by atoms with Crippen molar-refractivity contribution in [2.75, 3.05) is 6.61 Å². The van der Waals surface area contributed by atoms with Crippen molar-refractivity contribution in [3.8, 4) is 11.1 Å². The first-order valence-corrected chi connectivity index (χ1v) is 11.9. The second-order valence-electron chi connectivity index (χ2n) is 8.39. The largest absolute Gasteiger partial charge is 0.493 e. The van der Waals surface area contributed by atoms with Crippen LogP contribution in [0.1, 0.15) is 89.2 Å². The van der Waals surface area contributed by atoms with E-state index in [-0.39, 0.29) is 0 Å². The van der Waals surface area contributed by atoms with Crippen LogP contribution in [0.15, 0.2) is 54.1 Å². The number of benzene rings is 2. The Balaban J connectivity index is 1.78. The summed E-state index contributed by atoms with van der Waals surface area (Å²) in [5.74, 6) is 1.21. The zero-order valence-electron chi connectivity index (χ0n) is 18.5. The van der Waals surface area contributed by atoms with E-state index in [2.05, 4.69) is 62.4 Å². The van der Waals surface area contributed by atoms with Gasteiger partial charge in [-0.2, -0.15) is 0 Å². The molecule has 0 saturated carbocycles. The van der Waals surface area contributed by atoms with Crippen LogP contribution in [-0.2, 0) is 11.2 Å². The highest BCUT2D eigenvalue weighted by Gasteiger charge is 2.20. The number of ether oxygens (including phenoxy) is 1. The summed E-state index contributed by atoms with van der Waals surface area (Å²) in [5.41, 5.74) is 6.96. The molecule has 2 aromatic rings. The SMILES string of the molecule is CCCCCCOC1=C(CCCCCC)CCc2cc(-c3ccccc3)ccc21. The summed E-state index contributed by atoms with van der Waals surface area (Å²) in [6.07, 6.45) is 13.8. The van der Waals surface area contributed by atoms with Crippen LogP contribution in [0.4, 0.5) is 0 Å². The molecule has 0 unspecified atom stereocenters. The molecule has 1 aliphatic rings. The molecule has 29 heavy (non-hydrogen) atoms. The molecule has 0 fully saturated rings. The highest BCUT2D eigenvalue weighted by Crippen LogP contribution is 2.37. The summed E-state index contributed by atoms with van der Waals surface area (Å²) in [7, 11) is 0. The lowest BCUT2D eigenvalue weighted by atomic mass is 9.86. The quantitative estimate of drug-likeness (QED) is 0.330. The molecule has 1 aliphatic carbocycles. The van der Waals surface area contributed by atoms with Crippen LogP contribution >= 0.6 is 0 Å². The number of allylic oxidation sites excluding steroid dienone is 1. The third-order valence-electron chi connectivity index (χ3n) is 6.05. The zero-order valence-corrected chi connectivity index (χ0v) is 18.5.